The van der Waals surface area contributed by atoms with Gasteiger partial charge in [-0.25, -0.2) is 8.42 Å². The Morgan fingerprint density at radius 3 is 2.35 bits per heavy atom. The average molecular weight is 261 g/mol. The molecule has 0 radical (unpaired) electrons. The van der Waals surface area contributed by atoms with E-state index in [0.717, 1.165) is 19.3 Å². The lowest BCUT2D eigenvalue weighted by Gasteiger charge is -2.27. The highest BCUT2D eigenvalue weighted by Gasteiger charge is 2.37. The highest BCUT2D eigenvalue weighted by molar-refractivity contribution is 7.92. The molecule has 2 atom stereocenters. The molecule has 0 heterocycles. The van der Waals surface area contributed by atoms with Crippen LogP contribution in [0.15, 0.2) is 0 Å². The van der Waals surface area contributed by atoms with E-state index in [2.05, 4.69) is 12.2 Å². The van der Waals surface area contributed by atoms with Gasteiger partial charge in [-0.3, -0.25) is 0 Å². The molecule has 1 N–H and O–H groups in total. The van der Waals surface area contributed by atoms with Crippen LogP contribution in [0.2, 0.25) is 0 Å². The molecule has 0 aromatic rings. The standard InChI is InChI=1S/C13H27NO2S/c1-12(2,3)17(15,16)9-8-13(4)7-6-11(10-13)14-5/h11,14H,6-10H2,1-5H3. The number of hydrogen-bond acceptors (Lipinski definition) is 3. The molecule has 0 aliphatic heterocycles. The fraction of sp³-hybridized carbons (Fsp3) is 1.00. The number of nitrogens with one attached hydrogen (secondary N) is 1. The lowest BCUT2D eigenvalue weighted by Crippen LogP contribution is -2.32. The Hall–Kier alpha value is -0.0900. The van der Waals surface area contributed by atoms with E-state index in [1.54, 1.807) is 20.8 Å². The van der Waals surface area contributed by atoms with Gasteiger partial charge in [-0.05, 0) is 58.9 Å². The first-order valence-corrected chi connectivity index (χ1v) is 8.14. The molecule has 1 aliphatic rings. The molecule has 102 valence electrons. The van der Waals surface area contributed by atoms with Crippen molar-refractivity contribution in [3.8, 4) is 0 Å². The molecule has 0 aromatic carbocycles. The van der Waals surface area contributed by atoms with Crippen molar-refractivity contribution < 1.29 is 8.42 Å². The molecule has 2 unspecified atom stereocenters. The summed E-state index contributed by atoms with van der Waals surface area (Å²) in [5.41, 5.74) is 0.200. The maximum absolute atomic E-state index is 12.1. The van der Waals surface area contributed by atoms with E-state index in [4.69, 9.17) is 0 Å². The zero-order valence-electron chi connectivity index (χ0n) is 11.8. The SMILES string of the molecule is CNC1CCC(C)(CCS(=O)(=O)C(C)(C)C)C1. The van der Waals surface area contributed by atoms with E-state index >= 15 is 0 Å². The maximum atomic E-state index is 12.1. The second kappa shape index (κ2) is 4.88. The summed E-state index contributed by atoms with van der Waals surface area (Å²) in [5, 5.41) is 3.30. The predicted molar refractivity (Wildman–Crippen MR) is 73.0 cm³/mol. The second-order valence-electron chi connectivity index (χ2n) is 6.72. The third kappa shape index (κ3) is 3.68. The minimum Gasteiger partial charge on any atom is -0.317 e. The van der Waals surface area contributed by atoms with Crippen LogP contribution in [0.5, 0.6) is 0 Å². The third-order valence-corrected chi connectivity index (χ3v) is 6.76. The van der Waals surface area contributed by atoms with Crippen LogP contribution in [0.3, 0.4) is 0 Å². The Labute approximate surface area is 106 Å². The van der Waals surface area contributed by atoms with Gasteiger partial charge in [0.05, 0.1) is 10.5 Å². The quantitative estimate of drug-likeness (QED) is 0.845. The molecule has 1 fully saturated rings. The van der Waals surface area contributed by atoms with Crippen LogP contribution in [0, 0.1) is 5.41 Å². The first kappa shape index (κ1) is 15.0. The normalized spacial score (nSPS) is 30.8. The molecule has 4 heteroatoms. The molecule has 0 spiro atoms. The Bertz CT molecular complexity index is 356. The van der Waals surface area contributed by atoms with Crippen molar-refractivity contribution in [3.63, 3.8) is 0 Å². The van der Waals surface area contributed by atoms with Crippen LogP contribution in [-0.4, -0.2) is 32.0 Å². The minimum atomic E-state index is -2.97. The van der Waals surface area contributed by atoms with Gasteiger partial charge in [0.25, 0.3) is 0 Å². The number of rotatable bonds is 4. The van der Waals surface area contributed by atoms with E-state index in [-0.39, 0.29) is 5.41 Å². The van der Waals surface area contributed by atoms with Gasteiger partial charge in [-0.1, -0.05) is 6.92 Å². The van der Waals surface area contributed by atoms with Gasteiger partial charge >= 0.3 is 0 Å². The largest absolute Gasteiger partial charge is 0.317 e. The van der Waals surface area contributed by atoms with Crippen LogP contribution >= 0.6 is 0 Å². The Morgan fingerprint density at radius 1 is 1.35 bits per heavy atom. The summed E-state index contributed by atoms with van der Waals surface area (Å²) >= 11 is 0. The second-order valence-corrected chi connectivity index (χ2v) is 9.58. The summed E-state index contributed by atoms with van der Waals surface area (Å²) in [6.07, 6.45) is 4.20. The summed E-state index contributed by atoms with van der Waals surface area (Å²) < 4.78 is 23.6. The molecule has 1 rings (SSSR count). The summed E-state index contributed by atoms with van der Waals surface area (Å²) in [7, 11) is -0.980. The van der Waals surface area contributed by atoms with Gasteiger partial charge in [0.15, 0.2) is 9.84 Å². The molecular weight excluding hydrogens is 234 g/mol. The Kier molecular flexibility index (Phi) is 4.30. The van der Waals surface area contributed by atoms with Crippen LogP contribution < -0.4 is 5.32 Å². The number of hydrogen-bond donors (Lipinski definition) is 1. The van der Waals surface area contributed by atoms with Crippen molar-refractivity contribution in [2.24, 2.45) is 5.41 Å². The van der Waals surface area contributed by atoms with Crippen LogP contribution in [-0.2, 0) is 9.84 Å². The smallest absolute Gasteiger partial charge is 0.155 e. The molecule has 1 saturated carbocycles. The molecule has 0 saturated heterocycles. The molecule has 0 amide bonds. The van der Waals surface area contributed by atoms with Crippen molar-refractivity contribution in [2.75, 3.05) is 12.8 Å². The highest BCUT2D eigenvalue weighted by atomic mass is 32.2. The number of sulfone groups is 1. The topological polar surface area (TPSA) is 46.2 Å². The van der Waals surface area contributed by atoms with Crippen molar-refractivity contribution in [1.29, 1.82) is 0 Å². The van der Waals surface area contributed by atoms with E-state index in [9.17, 15) is 8.42 Å². The fourth-order valence-corrected chi connectivity index (χ4v) is 3.86. The van der Waals surface area contributed by atoms with Gasteiger partial charge in [0.2, 0.25) is 0 Å². The van der Waals surface area contributed by atoms with E-state index < -0.39 is 14.6 Å². The first-order chi connectivity index (χ1) is 7.60. The van der Waals surface area contributed by atoms with Crippen LogP contribution in [0.4, 0.5) is 0 Å². The molecular formula is C13H27NO2S. The van der Waals surface area contributed by atoms with Crippen molar-refractivity contribution in [3.05, 3.63) is 0 Å². The van der Waals surface area contributed by atoms with E-state index in [1.807, 2.05) is 7.05 Å². The lowest BCUT2D eigenvalue weighted by molar-refractivity contribution is 0.314. The summed E-state index contributed by atoms with van der Waals surface area (Å²) in [4.78, 5) is 0. The van der Waals surface area contributed by atoms with Crippen LogP contribution in [0.25, 0.3) is 0 Å². The van der Waals surface area contributed by atoms with Crippen molar-refractivity contribution >= 4 is 9.84 Å². The van der Waals surface area contributed by atoms with Crippen molar-refractivity contribution in [1.82, 2.24) is 5.32 Å². The molecule has 0 bridgehead atoms. The van der Waals surface area contributed by atoms with Gasteiger partial charge < -0.3 is 5.32 Å². The highest BCUT2D eigenvalue weighted by Crippen LogP contribution is 2.41. The van der Waals surface area contributed by atoms with Gasteiger partial charge in [0, 0.05) is 6.04 Å². The zero-order chi connectivity index (χ0) is 13.3. The predicted octanol–water partition coefficient (Wildman–Crippen LogP) is 2.37. The molecule has 1 aliphatic carbocycles. The molecule has 3 nitrogen and oxygen atoms in total. The Balaban J connectivity index is 2.58. The van der Waals surface area contributed by atoms with Crippen LogP contribution in [0.1, 0.15) is 53.4 Å². The monoisotopic (exact) mass is 261 g/mol. The van der Waals surface area contributed by atoms with E-state index in [1.165, 1.54) is 6.42 Å². The summed E-state index contributed by atoms with van der Waals surface area (Å²) in [6.45, 7) is 7.59. The fourth-order valence-electron chi connectivity index (χ4n) is 2.48. The zero-order valence-corrected chi connectivity index (χ0v) is 12.7. The van der Waals surface area contributed by atoms with Crippen molar-refractivity contribution in [2.45, 2.75) is 64.2 Å². The first-order valence-electron chi connectivity index (χ1n) is 6.49. The van der Waals surface area contributed by atoms with Gasteiger partial charge in [-0.15, -0.1) is 0 Å². The maximum Gasteiger partial charge on any atom is 0.155 e. The lowest BCUT2D eigenvalue weighted by atomic mass is 9.86. The third-order valence-electron chi connectivity index (χ3n) is 4.15. The minimum absolute atomic E-state index is 0.200. The summed E-state index contributed by atoms with van der Waals surface area (Å²) in [6, 6.07) is 0.567. The Morgan fingerprint density at radius 2 is 1.94 bits per heavy atom. The molecule has 17 heavy (non-hydrogen) atoms. The van der Waals surface area contributed by atoms with E-state index in [0.29, 0.717) is 11.8 Å². The van der Waals surface area contributed by atoms with Gasteiger partial charge in [0.1, 0.15) is 0 Å². The average Bonchev–Trinajstić information content (AvgIpc) is 2.57. The van der Waals surface area contributed by atoms with Gasteiger partial charge in [-0.2, -0.15) is 0 Å². The summed E-state index contributed by atoms with van der Waals surface area (Å²) in [5.74, 6) is 0.323. The molecule has 0 aromatic heterocycles.